The van der Waals surface area contributed by atoms with Gasteiger partial charge in [0, 0.05) is 18.2 Å². The summed E-state index contributed by atoms with van der Waals surface area (Å²) < 4.78 is 18.5. The largest absolute Gasteiger partial charge is 0.497 e. The van der Waals surface area contributed by atoms with E-state index in [9.17, 15) is 9.59 Å². The minimum Gasteiger partial charge on any atom is -0.497 e. The van der Waals surface area contributed by atoms with Crippen LogP contribution >= 0.6 is 0 Å². The zero-order valence-corrected chi connectivity index (χ0v) is 21.1. The predicted molar refractivity (Wildman–Crippen MR) is 140 cm³/mol. The summed E-state index contributed by atoms with van der Waals surface area (Å²) in [7, 11) is 3.13. The van der Waals surface area contributed by atoms with Gasteiger partial charge in [-0.25, -0.2) is 4.98 Å². The Morgan fingerprint density at radius 3 is 2.46 bits per heavy atom. The molecule has 8 nitrogen and oxygen atoms in total. The molecule has 0 fully saturated rings. The second-order valence-corrected chi connectivity index (χ2v) is 8.78. The number of rotatable bonds is 8. The molecule has 0 unspecified atom stereocenters. The number of carbonyl (C=O) groups excluding carboxylic acids is 2. The molecule has 1 aliphatic rings. The smallest absolute Gasteiger partial charge is 0.321 e. The molecular formula is C29H29N3O5. The topological polar surface area (TPSA) is 82.9 Å². The van der Waals surface area contributed by atoms with Crippen molar-refractivity contribution in [3.8, 4) is 11.5 Å². The van der Waals surface area contributed by atoms with E-state index in [-0.39, 0.29) is 12.5 Å². The van der Waals surface area contributed by atoms with Crippen molar-refractivity contribution in [2.75, 3.05) is 32.3 Å². The summed E-state index contributed by atoms with van der Waals surface area (Å²) in [5, 5.41) is 0. The maximum atomic E-state index is 14.1. The fraction of sp³-hybridized carbons (Fsp3) is 0.276. The van der Waals surface area contributed by atoms with Gasteiger partial charge in [0.2, 0.25) is 11.9 Å². The van der Waals surface area contributed by atoms with Crippen molar-refractivity contribution < 1.29 is 23.8 Å². The lowest BCUT2D eigenvalue weighted by atomic mass is 9.88. The Morgan fingerprint density at radius 1 is 0.973 bits per heavy atom. The van der Waals surface area contributed by atoms with Crippen molar-refractivity contribution in [1.82, 2.24) is 9.55 Å². The van der Waals surface area contributed by atoms with Gasteiger partial charge < -0.3 is 18.8 Å². The summed E-state index contributed by atoms with van der Waals surface area (Å²) in [6.45, 7) is 2.27. The third-order valence-corrected chi connectivity index (χ3v) is 6.71. The standard InChI is InChI=1S/C29H29N3O5/c1-4-37-28(34)25-26(21-15-14-20(35-2)18-24(21)36-3)32-23-13-9-8-12-22(23)30-29(32)31(27(25)33)17-16-19-10-6-5-7-11-19/h5-15,18,25-26H,4,16-17H2,1-3H3/t25-,26+/m1/s1. The van der Waals surface area contributed by atoms with Crippen LogP contribution in [0.15, 0.2) is 72.8 Å². The van der Waals surface area contributed by atoms with Crippen molar-refractivity contribution in [3.05, 3.63) is 83.9 Å². The number of carbonyl (C=O) groups is 2. The molecule has 0 spiro atoms. The van der Waals surface area contributed by atoms with E-state index < -0.39 is 17.9 Å². The van der Waals surface area contributed by atoms with Crippen molar-refractivity contribution in [1.29, 1.82) is 0 Å². The van der Waals surface area contributed by atoms with Gasteiger partial charge in [0.15, 0.2) is 5.92 Å². The van der Waals surface area contributed by atoms with E-state index in [2.05, 4.69) is 0 Å². The normalized spacial score (nSPS) is 16.9. The first-order valence-electron chi connectivity index (χ1n) is 12.3. The average Bonchev–Trinajstić information content (AvgIpc) is 3.31. The molecule has 3 aromatic carbocycles. The zero-order valence-electron chi connectivity index (χ0n) is 21.1. The van der Waals surface area contributed by atoms with Crippen molar-refractivity contribution in [2.24, 2.45) is 5.92 Å². The van der Waals surface area contributed by atoms with Crippen LogP contribution in [0.4, 0.5) is 5.95 Å². The third kappa shape index (κ3) is 4.39. The molecule has 5 rings (SSSR count). The third-order valence-electron chi connectivity index (χ3n) is 6.71. The van der Waals surface area contributed by atoms with Gasteiger partial charge in [0.05, 0.1) is 37.9 Å². The Kier molecular flexibility index (Phi) is 6.81. The molecule has 0 radical (unpaired) electrons. The van der Waals surface area contributed by atoms with Gasteiger partial charge in [-0.05, 0) is 43.2 Å². The Morgan fingerprint density at radius 2 is 1.73 bits per heavy atom. The summed E-state index contributed by atoms with van der Waals surface area (Å²) in [6.07, 6.45) is 0.613. The highest BCUT2D eigenvalue weighted by atomic mass is 16.5. The van der Waals surface area contributed by atoms with Gasteiger partial charge in [-0.3, -0.25) is 14.5 Å². The lowest BCUT2D eigenvalue weighted by molar-refractivity contribution is -0.153. The summed E-state index contributed by atoms with van der Waals surface area (Å²) in [4.78, 5) is 34.0. The van der Waals surface area contributed by atoms with Crippen LogP contribution in [0.2, 0.25) is 0 Å². The first-order valence-corrected chi connectivity index (χ1v) is 12.3. The number of anilines is 1. The average molecular weight is 500 g/mol. The Labute approximate surface area is 215 Å². The van der Waals surface area contributed by atoms with E-state index >= 15 is 0 Å². The fourth-order valence-electron chi connectivity index (χ4n) is 4.99. The van der Waals surface area contributed by atoms with E-state index in [0.29, 0.717) is 36.0 Å². The molecule has 1 aliphatic heterocycles. The van der Waals surface area contributed by atoms with Crippen LogP contribution in [-0.2, 0) is 20.7 Å². The van der Waals surface area contributed by atoms with E-state index in [0.717, 1.165) is 16.6 Å². The summed E-state index contributed by atoms with van der Waals surface area (Å²) in [6, 6.07) is 22.3. The minimum absolute atomic E-state index is 0.163. The molecule has 0 saturated carbocycles. The van der Waals surface area contributed by atoms with Gasteiger partial charge in [0.25, 0.3) is 0 Å². The van der Waals surface area contributed by atoms with E-state index in [1.54, 1.807) is 38.2 Å². The van der Waals surface area contributed by atoms with Crippen LogP contribution in [0.1, 0.15) is 24.1 Å². The molecule has 1 aromatic heterocycles. The molecule has 190 valence electrons. The second-order valence-electron chi connectivity index (χ2n) is 8.78. The number of amides is 1. The van der Waals surface area contributed by atoms with Gasteiger partial charge in [0.1, 0.15) is 11.5 Å². The highest BCUT2D eigenvalue weighted by molar-refractivity contribution is 6.08. The molecule has 0 aliphatic carbocycles. The van der Waals surface area contributed by atoms with Gasteiger partial charge >= 0.3 is 5.97 Å². The number of aromatic nitrogens is 2. The number of nitrogens with zero attached hydrogens (tertiary/aromatic N) is 3. The zero-order chi connectivity index (χ0) is 25.9. The lowest BCUT2D eigenvalue weighted by Gasteiger charge is -2.38. The number of hydrogen-bond donors (Lipinski definition) is 0. The fourth-order valence-corrected chi connectivity index (χ4v) is 4.99. The lowest BCUT2D eigenvalue weighted by Crippen LogP contribution is -2.50. The minimum atomic E-state index is -1.12. The maximum Gasteiger partial charge on any atom is 0.321 e. The molecule has 2 heterocycles. The molecular weight excluding hydrogens is 470 g/mol. The number of fused-ring (bicyclic) bond motifs is 3. The van der Waals surface area contributed by atoms with E-state index in [1.807, 2.05) is 65.2 Å². The Bertz CT molecular complexity index is 1430. The van der Waals surface area contributed by atoms with Gasteiger partial charge in [-0.15, -0.1) is 0 Å². The number of ether oxygens (including phenoxy) is 3. The summed E-state index contributed by atoms with van der Waals surface area (Å²) >= 11 is 0. The monoisotopic (exact) mass is 499 g/mol. The number of esters is 1. The summed E-state index contributed by atoms with van der Waals surface area (Å²) in [5.41, 5.74) is 3.30. The van der Waals surface area contributed by atoms with Crippen LogP contribution in [0.5, 0.6) is 11.5 Å². The van der Waals surface area contributed by atoms with Gasteiger partial charge in [-0.1, -0.05) is 42.5 Å². The second kappa shape index (κ2) is 10.3. The molecule has 0 bridgehead atoms. The first-order chi connectivity index (χ1) is 18.1. The van der Waals surface area contributed by atoms with Crippen molar-refractivity contribution >= 4 is 28.9 Å². The maximum absolute atomic E-state index is 14.1. The highest BCUT2D eigenvalue weighted by Gasteiger charge is 2.48. The van der Waals surface area contributed by atoms with Crippen LogP contribution in [0, 0.1) is 5.92 Å². The van der Waals surface area contributed by atoms with Crippen LogP contribution in [0.3, 0.4) is 0 Å². The first kappa shape index (κ1) is 24.4. The number of imidazole rings is 1. The van der Waals surface area contributed by atoms with Crippen molar-refractivity contribution in [3.63, 3.8) is 0 Å². The molecule has 8 heteroatoms. The Hall–Kier alpha value is -4.33. The number of methoxy groups -OCH3 is 2. The van der Waals surface area contributed by atoms with Gasteiger partial charge in [-0.2, -0.15) is 0 Å². The molecule has 4 aromatic rings. The van der Waals surface area contributed by atoms with Crippen molar-refractivity contribution in [2.45, 2.75) is 19.4 Å². The number of para-hydroxylation sites is 2. The quantitative estimate of drug-likeness (QED) is 0.264. The molecule has 0 N–H and O–H groups in total. The molecule has 37 heavy (non-hydrogen) atoms. The van der Waals surface area contributed by atoms with E-state index in [1.165, 1.54) is 0 Å². The predicted octanol–water partition coefficient (Wildman–Crippen LogP) is 4.41. The van der Waals surface area contributed by atoms with Crippen LogP contribution < -0.4 is 14.4 Å². The molecule has 0 saturated heterocycles. The molecule has 2 atom stereocenters. The van der Waals surface area contributed by atoms with Crippen LogP contribution in [-0.4, -0.2) is 48.8 Å². The number of benzene rings is 3. The Balaban J connectivity index is 1.71. The van der Waals surface area contributed by atoms with Crippen LogP contribution in [0.25, 0.3) is 11.0 Å². The SMILES string of the molecule is CCOC(=O)[C@H]1C(=O)N(CCc2ccccc2)c2nc3ccccc3n2[C@H]1c1ccc(OC)cc1OC. The van der Waals surface area contributed by atoms with E-state index in [4.69, 9.17) is 19.2 Å². The number of hydrogen-bond acceptors (Lipinski definition) is 6. The summed E-state index contributed by atoms with van der Waals surface area (Å²) in [5.74, 6) is -0.444. The molecule has 1 amide bonds. The highest BCUT2D eigenvalue weighted by Crippen LogP contribution is 2.44.